The summed E-state index contributed by atoms with van der Waals surface area (Å²) in [6, 6.07) is 6.34. The first-order valence-corrected chi connectivity index (χ1v) is 7.38. The third-order valence-corrected chi connectivity index (χ3v) is 4.10. The van der Waals surface area contributed by atoms with E-state index in [-0.39, 0.29) is 11.5 Å². The second-order valence-corrected chi connectivity index (χ2v) is 6.11. The van der Waals surface area contributed by atoms with Gasteiger partial charge < -0.3 is 10.5 Å². The number of carbonyl (C=O) groups excluding carboxylic acids is 1. The molecule has 0 heterocycles. The second kappa shape index (κ2) is 6.51. The lowest BCUT2D eigenvalue weighted by Gasteiger charge is -2.04. The molecule has 2 N–H and O–H groups in total. The van der Waals surface area contributed by atoms with Crippen molar-refractivity contribution < 1.29 is 17.9 Å². The molecule has 0 atom stereocenters. The number of benzene rings is 1. The maximum absolute atomic E-state index is 11.7. The molecule has 0 saturated carbocycles. The van der Waals surface area contributed by atoms with Gasteiger partial charge in [0.2, 0.25) is 0 Å². The summed E-state index contributed by atoms with van der Waals surface area (Å²) in [7, 11) is -1.83. The molecule has 5 nitrogen and oxygen atoms in total. The lowest BCUT2D eigenvalue weighted by Crippen LogP contribution is -2.13. The number of rotatable bonds is 6. The molecule has 1 aromatic rings. The fraction of sp³-hybridized carbons (Fsp3) is 0.417. The largest absolute Gasteiger partial charge is 0.465 e. The molecule has 0 bridgehead atoms. The molecule has 0 saturated heterocycles. The molecule has 6 heteroatoms. The van der Waals surface area contributed by atoms with E-state index >= 15 is 0 Å². The van der Waals surface area contributed by atoms with E-state index in [9.17, 15) is 13.2 Å². The number of esters is 1. The van der Waals surface area contributed by atoms with E-state index in [0.29, 0.717) is 24.1 Å². The fourth-order valence-electron chi connectivity index (χ4n) is 1.48. The van der Waals surface area contributed by atoms with E-state index in [0.717, 1.165) is 0 Å². The summed E-state index contributed by atoms with van der Waals surface area (Å²) < 4.78 is 27.9. The molecule has 0 aliphatic rings. The van der Waals surface area contributed by atoms with Crippen LogP contribution in [0.5, 0.6) is 0 Å². The average molecular weight is 271 g/mol. The summed E-state index contributed by atoms with van der Waals surface area (Å²) in [5, 5.41) is 0. The summed E-state index contributed by atoms with van der Waals surface area (Å²) in [6.07, 6.45) is 0.461. The minimum Gasteiger partial charge on any atom is -0.465 e. The molecule has 0 unspecified atom stereocenters. The number of carbonyl (C=O) groups is 1. The predicted octanol–water partition coefficient (Wildman–Crippen LogP) is 0.737. The van der Waals surface area contributed by atoms with Gasteiger partial charge in [0, 0.05) is 0 Å². The minimum absolute atomic E-state index is 0.0333. The van der Waals surface area contributed by atoms with Crippen LogP contribution in [-0.4, -0.2) is 33.8 Å². The van der Waals surface area contributed by atoms with Crippen LogP contribution in [0.4, 0.5) is 0 Å². The van der Waals surface area contributed by atoms with Crippen molar-refractivity contribution in [2.24, 2.45) is 5.73 Å². The third kappa shape index (κ3) is 4.46. The zero-order valence-corrected chi connectivity index (χ0v) is 11.1. The molecule has 0 radical (unpaired) electrons. The Balaban J connectivity index is 2.72. The van der Waals surface area contributed by atoms with Gasteiger partial charge in [-0.1, -0.05) is 12.1 Å². The van der Waals surface area contributed by atoms with Gasteiger partial charge in [0.1, 0.15) is 0 Å². The normalized spacial score (nSPS) is 11.2. The molecule has 0 spiro atoms. The van der Waals surface area contributed by atoms with Gasteiger partial charge in [0.15, 0.2) is 9.84 Å². The maximum atomic E-state index is 11.7. The van der Waals surface area contributed by atoms with Crippen molar-refractivity contribution in [3.8, 4) is 0 Å². The molecular weight excluding hydrogens is 254 g/mol. The van der Waals surface area contributed by atoms with Crippen molar-refractivity contribution in [2.75, 3.05) is 19.4 Å². The topological polar surface area (TPSA) is 86.5 Å². The van der Waals surface area contributed by atoms with Crippen molar-refractivity contribution in [3.05, 3.63) is 35.4 Å². The van der Waals surface area contributed by atoms with Crippen molar-refractivity contribution >= 4 is 15.8 Å². The summed E-state index contributed by atoms with van der Waals surface area (Å²) in [6.45, 7) is 0.362. The summed E-state index contributed by atoms with van der Waals surface area (Å²) in [4.78, 5) is 11.2. The zero-order chi connectivity index (χ0) is 13.6. The number of sulfone groups is 1. The Labute approximate surface area is 107 Å². The van der Waals surface area contributed by atoms with E-state index in [1.807, 2.05) is 0 Å². The van der Waals surface area contributed by atoms with E-state index in [4.69, 9.17) is 5.73 Å². The highest BCUT2D eigenvalue weighted by Crippen LogP contribution is 2.10. The standard InChI is InChI=1S/C12H17NO4S/c1-17-12(14)11-5-3-10(4-6-11)9-18(15,16)8-2-7-13/h3-6H,2,7-9,13H2,1H3. The SMILES string of the molecule is COC(=O)c1ccc(CS(=O)(=O)CCCN)cc1. The van der Waals surface area contributed by atoms with E-state index < -0.39 is 15.8 Å². The summed E-state index contributed by atoms with van der Waals surface area (Å²) in [5.74, 6) is -0.385. The molecule has 18 heavy (non-hydrogen) atoms. The van der Waals surface area contributed by atoms with Crippen LogP contribution in [0.3, 0.4) is 0 Å². The van der Waals surface area contributed by atoms with Gasteiger partial charge in [0.25, 0.3) is 0 Å². The average Bonchev–Trinajstić information content (AvgIpc) is 2.36. The van der Waals surface area contributed by atoms with Crippen LogP contribution >= 0.6 is 0 Å². The van der Waals surface area contributed by atoms with Crippen LogP contribution < -0.4 is 5.73 Å². The molecule has 0 aliphatic heterocycles. The number of nitrogens with two attached hydrogens (primary N) is 1. The Morgan fingerprint density at radius 2 is 1.89 bits per heavy atom. The van der Waals surface area contributed by atoms with Crippen molar-refractivity contribution in [2.45, 2.75) is 12.2 Å². The monoisotopic (exact) mass is 271 g/mol. The van der Waals surface area contributed by atoms with Gasteiger partial charge in [-0.2, -0.15) is 0 Å². The minimum atomic E-state index is -3.13. The number of methoxy groups -OCH3 is 1. The predicted molar refractivity (Wildman–Crippen MR) is 68.9 cm³/mol. The second-order valence-electron chi connectivity index (χ2n) is 3.92. The summed E-state index contributed by atoms with van der Waals surface area (Å²) in [5.41, 5.74) is 6.34. The first-order valence-electron chi connectivity index (χ1n) is 5.56. The number of ether oxygens (including phenoxy) is 1. The van der Waals surface area contributed by atoms with E-state index in [1.165, 1.54) is 7.11 Å². The van der Waals surface area contributed by atoms with E-state index in [2.05, 4.69) is 4.74 Å². The smallest absolute Gasteiger partial charge is 0.337 e. The van der Waals surface area contributed by atoms with Crippen LogP contribution in [0, 0.1) is 0 Å². The molecule has 100 valence electrons. The van der Waals surface area contributed by atoms with Crippen LogP contribution in [-0.2, 0) is 20.3 Å². The lowest BCUT2D eigenvalue weighted by molar-refractivity contribution is 0.0600. The van der Waals surface area contributed by atoms with Gasteiger partial charge in [-0.25, -0.2) is 13.2 Å². The molecule has 0 amide bonds. The first kappa shape index (κ1) is 14.7. The van der Waals surface area contributed by atoms with Gasteiger partial charge >= 0.3 is 5.97 Å². The number of hydrogen-bond acceptors (Lipinski definition) is 5. The molecule has 0 aliphatic carbocycles. The maximum Gasteiger partial charge on any atom is 0.337 e. The quantitative estimate of drug-likeness (QED) is 0.771. The molecule has 0 aromatic heterocycles. The highest BCUT2D eigenvalue weighted by Gasteiger charge is 2.12. The van der Waals surface area contributed by atoms with E-state index in [1.54, 1.807) is 24.3 Å². The van der Waals surface area contributed by atoms with Crippen molar-refractivity contribution in [1.82, 2.24) is 0 Å². The molecular formula is C12H17NO4S. The Hall–Kier alpha value is -1.40. The van der Waals surface area contributed by atoms with Crippen LogP contribution in [0.15, 0.2) is 24.3 Å². The third-order valence-electron chi connectivity index (χ3n) is 2.42. The first-order chi connectivity index (χ1) is 8.48. The van der Waals surface area contributed by atoms with Gasteiger partial charge in [0.05, 0.1) is 24.2 Å². The zero-order valence-electron chi connectivity index (χ0n) is 10.3. The summed E-state index contributed by atoms with van der Waals surface area (Å²) >= 11 is 0. The van der Waals surface area contributed by atoms with Crippen molar-refractivity contribution in [1.29, 1.82) is 0 Å². The van der Waals surface area contributed by atoms with Crippen LogP contribution in [0.2, 0.25) is 0 Å². The molecule has 1 aromatic carbocycles. The Bertz CT molecular complexity index is 493. The number of hydrogen-bond donors (Lipinski definition) is 1. The Morgan fingerprint density at radius 3 is 2.39 bits per heavy atom. The Kier molecular flexibility index (Phi) is 5.30. The van der Waals surface area contributed by atoms with Gasteiger partial charge in [-0.15, -0.1) is 0 Å². The highest BCUT2D eigenvalue weighted by molar-refractivity contribution is 7.90. The van der Waals surface area contributed by atoms with Gasteiger partial charge in [-0.3, -0.25) is 0 Å². The van der Waals surface area contributed by atoms with Crippen molar-refractivity contribution in [3.63, 3.8) is 0 Å². The molecule has 1 rings (SSSR count). The lowest BCUT2D eigenvalue weighted by atomic mass is 10.1. The Morgan fingerprint density at radius 1 is 1.28 bits per heavy atom. The van der Waals surface area contributed by atoms with Crippen LogP contribution in [0.25, 0.3) is 0 Å². The van der Waals surface area contributed by atoms with Crippen LogP contribution in [0.1, 0.15) is 22.3 Å². The fourth-order valence-corrected chi connectivity index (χ4v) is 2.94. The molecule has 0 fully saturated rings. The van der Waals surface area contributed by atoms with Gasteiger partial charge in [-0.05, 0) is 30.7 Å². The highest BCUT2D eigenvalue weighted by atomic mass is 32.2.